The maximum Gasteiger partial charge on any atom is 0.169 e. The molecular formula is C17H19IN6O4. The second-order valence-electron chi connectivity index (χ2n) is 6.42. The first-order valence-electron chi connectivity index (χ1n) is 9.01. The Morgan fingerprint density at radius 3 is 2.89 bits per heavy atom. The predicted octanol–water partition coefficient (Wildman–Crippen LogP) is -0.636. The van der Waals surface area contributed by atoms with Crippen LogP contribution in [0.4, 0.5) is 5.69 Å². The fourth-order valence-corrected chi connectivity index (χ4v) is 3.67. The van der Waals surface area contributed by atoms with Gasteiger partial charge in [-0.15, -0.1) is 0 Å². The van der Waals surface area contributed by atoms with Crippen LogP contribution >= 0.6 is 22.6 Å². The van der Waals surface area contributed by atoms with Gasteiger partial charge in [0.2, 0.25) is 0 Å². The van der Waals surface area contributed by atoms with E-state index in [0.29, 0.717) is 5.69 Å². The van der Waals surface area contributed by atoms with Crippen molar-refractivity contribution < 1.29 is 21.4 Å². The molecule has 1 saturated heterocycles. The third-order valence-corrected chi connectivity index (χ3v) is 5.54. The lowest BCUT2D eigenvalue weighted by Crippen LogP contribution is -2.48. The Balaban J connectivity index is 1.57. The Morgan fingerprint density at radius 2 is 2.18 bits per heavy atom. The zero-order chi connectivity index (χ0) is 20.8. The molecule has 1 aromatic rings. The van der Waals surface area contributed by atoms with Crippen LogP contribution in [0.3, 0.4) is 0 Å². The van der Waals surface area contributed by atoms with Gasteiger partial charge in [-0.2, -0.15) is 0 Å². The van der Waals surface area contributed by atoms with Gasteiger partial charge >= 0.3 is 0 Å². The molecule has 3 aliphatic rings. The van der Waals surface area contributed by atoms with Crippen LogP contribution in [0.2, 0.25) is 0 Å². The summed E-state index contributed by atoms with van der Waals surface area (Å²) in [4.78, 5) is 18.2. The smallest absolute Gasteiger partial charge is 0.169 e. The molecule has 0 amide bonds. The van der Waals surface area contributed by atoms with E-state index in [1.54, 1.807) is 6.07 Å². The monoisotopic (exact) mass is 497 g/mol. The highest BCUT2D eigenvalue weighted by Crippen LogP contribution is 2.27. The lowest BCUT2D eigenvalue weighted by atomic mass is 10.1. The third-order valence-electron chi connectivity index (χ3n) is 4.61. The number of aliphatic hydroxyl groups is 3. The summed E-state index contributed by atoms with van der Waals surface area (Å²) in [5.74, 6) is 0.285. The van der Waals surface area contributed by atoms with Crippen molar-refractivity contribution in [3.63, 3.8) is 0 Å². The molecule has 0 spiro atoms. The molecule has 10 nitrogen and oxygen atoms in total. The van der Waals surface area contributed by atoms with Gasteiger partial charge in [-0.1, -0.05) is 6.07 Å². The van der Waals surface area contributed by atoms with Gasteiger partial charge in [0, 0.05) is 9.26 Å². The topological polar surface area (TPSA) is 149 Å². The average Bonchev–Trinajstić information content (AvgIpc) is 3.20. The molecule has 1 aromatic carbocycles. The summed E-state index contributed by atoms with van der Waals surface area (Å²) in [5, 5.41) is 29.6. The second kappa shape index (κ2) is 7.83. The van der Waals surface area contributed by atoms with Gasteiger partial charge < -0.3 is 25.8 Å². The minimum Gasteiger partial charge on any atom is -0.398 e. The van der Waals surface area contributed by atoms with Gasteiger partial charge in [-0.25, -0.2) is 9.98 Å². The second-order valence-corrected chi connectivity index (χ2v) is 7.58. The van der Waals surface area contributed by atoms with E-state index in [4.69, 9.17) is 11.8 Å². The molecule has 148 valence electrons. The highest BCUT2D eigenvalue weighted by atomic mass is 125. The molecule has 11 heteroatoms. The molecule has 0 aliphatic carbocycles. The minimum absolute atomic E-state index is 0.139. The largest absolute Gasteiger partial charge is 0.398 e. The Kier molecular flexibility index (Phi) is 5.07. The van der Waals surface area contributed by atoms with E-state index in [-0.39, 0.29) is 18.2 Å². The number of halogens is 1. The first-order chi connectivity index (χ1) is 13.8. The van der Waals surface area contributed by atoms with Crippen LogP contribution in [-0.4, -0.2) is 81.7 Å². The van der Waals surface area contributed by atoms with E-state index in [0.717, 1.165) is 9.13 Å². The Hall–Kier alpha value is -1.93. The normalized spacial score (nSPS) is 36.0. The Labute approximate surface area is 175 Å². The van der Waals surface area contributed by atoms with Crippen LogP contribution < -0.4 is 5.73 Å². The number of amidine groups is 2. The molecule has 0 radical (unpaired) electrons. The number of nitrogens with zero attached hydrogens (tertiary/aromatic N) is 5. The van der Waals surface area contributed by atoms with Gasteiger partial charge in [-0.3, -0.25) is 14.9 Å². The summed E-state index contributed by atoms with van der Waals surface area (Å²) in [6.45, 7) is -0.174. The summed E-state index contributed by atoms with van der Waals surface area (Å²) in [6, 6.07) is 3.85. The number of hydrogen-bond acceptors (Lipinski definition) is 9. The van der Waals surface area contributed by atoms with Crippen molar-refractivity contribution in [3.8, 4) is 0 Å². The molecule has 0 saturated carbocycles. The van der Waals surface area contributed by atoms with Crippen molar-refractivity contribution in [1.82, 2.24) is 4.90 Å². The van der Waals surface area contributed by atoms with E-state index in [2.05, 4.69) is 42.6 Å². The summed E-state index contributed by atoms with van der Waals surface area (Å²) >= 11 is 2.14. The third kappa shape index (κ3) is 3.43. The Bertz CT molecular complexity index is 940. The average molecular weight is 497 g/mol. The lowest BCUT2D eigenvalue weighted by Gasteiger charge is -2.27. The number of aliphatic imine (C=N–C) groups is 4. The SMILES string of the molecule is [2H]C12N=CN([C@@H]3O[C@H](CO)[C@@H](O)[C@H]3O)C1=NC=NC2=NCc1ccc(N)c([125I])c1. The molecule has 1 fully saturated rings. The van der Waals surface area contributed by atoms with Crippen LogP contribution in [0, 0.1) is 3.57 Å². The fourth-order valence-electron chi connectivity index (χ4n) is 3.09. The van der Waals surface area contributed by atoms with Gasteiger partial charge in [0.15, 0.2) is 18.1 Å². The number of nitrogen functional groups attached to an aromatic ring is 1. The van der Waals surface area contributed by atoms with Crippen LogP contribution in [0.5, 0.6) is 0 Å². The van der Waals surface area contributed by atoms with E-state index in [1.165, 1.54) is 17.6 Å². The van der Waals surface area contributed by atoms with Crippen LogP contribution in [0.15, 0.2) is 38.2 Å². The van der Waals surface area contributed by atoms with Crippen molar-refractivity contribution in [2.45, 2.75) is 37.1 Å². The molecule has 5 atom stereocenters. The van der Waals surface area contributed by atoms with E-state index in [9.17, 15) is 15.3 Å². The van der Waals surface area contributed by atoms with Crippen LogP contribution in [-0.2, 0) is 11.3 Å². The lowest BCUT2D eigenvalue weighted by molar-refractivity contribution is -0.0509. The first-order valence-corrected chi connectivity index (χ1v) is 9.59. The zero-order valence-corrected chi connectivity index (χ0v) is 16.7. The molecular weight excluding hydrogens is 477 g/mol. The van der Waals surface area contributed by atoms with Crippen molar-refractivity contribution in [3.05, 3.63) is 27.3 Å². The Morgan fingerprint density at radius 1 is 1.36 bits per heavy atom. The number of fused-ring (bicyclic) bond motifs is 1. The number of nitrogens with two attached hydrogens (primary N) is 1. The van der Waals surface area contributed by atoms with Crippen molar-refractivity contribution >= 4 is 52.6 Å². The van der Waals surface area contributed by atoms with E-state index in [1.807, 2.05) is 12.1 Å². The molecule has 5 N–H and O–H groups in total. The molecule has 1 unspecified atom stereocenters. The number of rotatable bonds is 4. The van der Waals surface area contributed by atoms with E-state index < -0.39 is 37.2 Å². The minimum atomic E-state index is -1.69. The van der Waals surface area contributed by atoms with Crippen molar-refractivity contribution in [2.24, 2.45) is 20.0 Å². The van der Waals surface area contributed by atoms with Crippen molar-refractivity contribution in [2.75, 3.05) is 12.3 Å². The number of ether oxygens (including phenoxy) is 1. The molecule has 4 rings (SSSR count). The predicted molar refractivity (Wildman–Crippen MR) is 113 cm³/mol. The quantitative estimate of drug-likeness (QED) is 0.322. The molecule has 0 bridgehead atoms. The number of hydrogen-bond donors (Lipinski definition) is 4. The van der Waals surface area contributed by atoms with Crippen LogP contribution in [0.1, 0.15) is 6.93 Å². The molecule has 3 heterocycles. The van der Waals surface area contributed by atoms with Gasteiger partial charge in [0.1, 0.15) is 30.5 Å². The summed E-state index contributed by atoms with van der Waals surface area (Å²) < 4.78 is 15.2. The number of anilines is 1. The highest BCUT2D eigenvalue weighted by molar-refractivity contribution is 14.1. The van der Waals surface area contributed by atoms with Gasteiger partial charge in [-0.05, 0) is 40.3 Å². The standard InChI is InChI=1S/C17H19IN6O4/c18-9-3-8(1-2-10(9)19)4-20-15-12-16(22-6-21-15)24(7-23-12)17-14(27)13(26)11(5-25)28-17/h1-3,6-7,11-14,17,25-27H,4-5,19H2/t11-,12?,13-,14-,17-/m1/s1/i12D,18-2. The molecule has 0 aromatic heterocycles. The first kappa shape index (κ1) is 18.1. The fraction of sp³-hybridized carbons (Fsp3) is 0.412. The summed E-state index contributed by atoms with van der Waals surface area (Å²) in [5.41, 5.74) is 7.41. The summed E-state index contributed by atoms with van der Waals surface area (Å²) in [7, 11) is 0. The maximum atomic E-state index is 10.3. The number of aliphatic hydroxyl groups excluding tert-OH is 3. The van der Waals surface area contributed by atoms with Gasteiger partial charge in [0.25, 0.3) is 0 Å². The molecule has 28 heavy (non-hydrogen) atoms. The van der Waals surface area contributed by atoms with Gasteiger partial charge in [0.05, 0.1) is 20.9 Å². The van der Waals surface area contributed by atoms with Crippen LogP contribution in [0.25, 0.3) is 0 Å². The highest BCUT2D eigenvalue weighted by Gasteiger charge is 2.48. The van der Waals surface area contributed by atoms with E-state index >= 15 is 0 Å². The summed E-state index contributed by atoms with van der Waals surface area (Å²) in [6.07, 6.45) is -1.98. The van der Waals surface area contributed by atoms with Crippen molar-refractivity contribution in [1.29, 1.82) is 0 Å². The molecule has 3 aliphatic heterocycles. The number of benzene rings is 1. The zero-order valence-electron chi connectivity index (χ0n) is 15.6. The maximum absolute atomic E-state index is 10.3.